The summed E-state index contributed by atoms with van der Waals surface area (Å²) in [4.78, 5) is 11.3. The third kappa shape index (κ3) is 2.20. The van der Waals surface area contributed by atoms with Gasteiger partial charge in [-0.1, -0.05) is 12.1 Å². The molecule has 1 aromatic rings. The number of carbonyl (C=O) groups excluding carboxylic acids is 1. The number of aromatic hydroxyl groups is 1. The van der Waals surface area contributed by atoms with E-state index in [0.29, 0.717) is 24.4 Å². The van der Waals surface area contributed by atoms with Crippen molar-refractivity contribution >= 4 is 5.78 Å². The summed E-state index contributed by atoms with van der Waals surface area (Å²) in [5.74, 6) is 0.896. The van der Waals surface area contributed by atoms with Crippen molar-refractivity contribution in [2.45, 2.75) is 38.5 Å². The smallest absolute Gasteiger partial charge is 0.133 e. The van der Waals surface area contributed by atoms with Gasteiger partial charge in [0.15, 0.2) is 0 Å². The van der Waals surface area contributed by atoms with Crippen molar-refractivity contribution in [3.63, 3.8) is 0 Å². The molecule has 1 aromatic carbocycles. The molecule has 0 saturated heterocycles. The first-order valence-corrected chi connectivity index (χ1v) is 5.48. The maximum absolute atomic E-state index is 11.3. The molecule has 80 valence electrons. The second-order valence-corrected chi connectivity index (χ2v) is 4.39. The summed E-state index contributed by atoms with van der Waals surface area (Å²) in [5.41, 5.74) is 1.99. The second kappa shape index (κ2) is 4.05. The number of carbonyl (C=O) groups is 1. The van der Waals surface area contributed by atoms with Gasteiger partial charge < -0.3 is 5.11 Å². The van der Waals surface area contributed by atoms with Gasteiger partial charge in [-0.25, -0.2) is 0 Å². The lowest BCUT2D eigenvalue weighted by molar-refractivity contribution is -0.120. The van der Waals surface area contributed by atoms with Crippen molar-refractivity contribution in [1.29, 1.82) is 0 Å². The molecule has 0 spiro atoms. The Balaban J connectivity index is 2.24. The fraction of sp³-hybridized carbons (Fsp3) is 0.462. The Labute approximate surface area is 89.9 Å². The van der Waals surface area contributed by atoms with E-state index >= 15 is 0 Å². The van der Waals surface area contributed by atoms with Gasteiger partial charge in [0.05, 0.1) is 0 Å². The van der Waals surface area contributed by atoms with Gasteiger partial charge in [0, 0.05) is 12.8 Å². The normalized spacial score (nSPS) is 21.7. The molecule has 15 heavy (non-hydrogen) atoms. The first kappa shape index (κ1) is 10.2. The molecule has 0 bridgehead atoms. The van der Waals surface area contributed by atoms with Crippen molar-refractivity contribution in [2.24, 2.45) is 0 Å². The average molecular weight is 204 g/mol. The van der Waals surface area contributed by atoms with Crippen LogP contribution in [0.5, 0.6) is 5.75 Å². The van der Waals surface area contributed by atoms with E-state index in [9.17, 15) is 9.90 Å². The minimum absolute atomic E-state index is 0.229. The van der Waals surface area contributed by atoms with Crippen molar-refractivity contribution < 1.29 is 9.90 Å². The molecule has 0 heterocycles. The molecule has 1 saturated carbocycles. The molecule has 0 aliphatic heterocycles. The van der Waals surface area contributed by atoms with E-state index in [1.165, 1.54) is 0 Å². The minimum atomic E-state index is 0.229. The molecule has 2 nitrogen and oxygen atoms in total. The van der Waals surface area contributed by atoms with Crippen LogP contribution >= 0.6 is 0 Å². The maximum Gasteiger partial charge on any atom is 0.133 e. The number of aryl methyl sites for hydroxylation is 1. The number of ketones is 1. The first-order chi connectivity index (χ1) is 7.16. The molecule has 1 aliphatic carbocycles. The van der Waals surface area contributed by atoms with Crippen LogP contribution in [0.15, 0.2) is 18.2 Å². The Bertz CT molecular complexity index is 382. The Hall–Kier alpha value is -1.31. The molecule has 2 heteroatoms. The number of phenols is 1. The lowest BCUT2D eigenvalue weighted by Gasteiger charge is -2.22. The summed E-state index contributed by atoms with van der Waals surface area (Å²) >= 11 is 0. The summed E-state index contributed by atoms with van der Waals surface area (Å²) in [6.07, 6.45) is 3.28. The highest BCUT2D eigenvalue weighted by molar-refractivity contribution is 5.80. The van der Waals surface area contributed by atoms with E-state index in [2.05, 4.69) is 0 Å². The number of hydrogen-bond acceptors (Lipinski definition) is 2. The van der Waals surface area contributed by atoms with Crippen molar-refractivity contribution in [1.82, 2.24) is 0 Å². The third-order valence-electron chi connectivity index (χ3n) is 3.11. The summed E-state index contributed by atoms with van der Waals surface area (Å²) in [7, 11) is 0. The summed E-state index contributed by atoms with van der Waals surface area (Å²) in [6, 6.07) is 5.72. The van der Waals surface area contributed by atoms with Crippen LogP contribution in [0.3, 0.4) is 0 Å². The third-order valence-corrected chi connectivity index (χ3v) is 3.11. The fourth-order valence-corrected chi connectivity index (χ4v) is 2.29. The van der Waals surface area contributed by atoms with Gasteiger partial charge in [0.25, 0.3) is 0 Å². The zero-order chi connectivity index (χ0) is 10.8. The van der Waals surface area contributed by atoms with Crippen LogP contribution in [0, 0.1) is 6.92 Å². The van der Waals surface area contributed by atoms with Crippen LogP contribution in [-0.2, 0) is 4.79 Å². The summed E-state index contributed by atoms with van der Waals surface area (Å²) in [5, 5.41) is 9.82. The lowest BCUT2D eigenvalue weighted by Crippen LogP contribution is -2.13. The average Bonchev–Trinajstić information content (AvgIpc) is 2.17. The van der Waals surface area contributed by atoms with Gasteiger partial charge in [-0.3, -0.25) is 4.79 Å². The van der Waals surface area contributed by atoms with Gasteiger partial charge in [-0.15, -0.1) is 0 Å². The van der Waals surface area contributed by atoms with E-state index in [4.69, 9.17) is 0 Å². The van der Waals surface area contributed by atoms with Gasteiger partial charge in [0.1, 0.15) is 11.5 Å². The number of rotatable bonds is 1. The van der Waals surface area contributed by atoms with Gasteiger partial charge in [-0.2, -0.15) is 0 Å². The Morgan fingerprint density at radius 1 is 1.40 bits per heavy atom. The molecular weight excluding hydrogens is 188 g/mol. The van der Waals surface area contributed by atoms with Gasteiger partial charge in [0.2, 0.25) is 0 Å². The number of phenolic OH excluding ortho intramolecular Hbond substituents is 1. The second-order valence-electron chi connectivity index (χ2n) is 4.39. The van der Waals surface area contributed by atoms with Gasteiger partial charge >= 0.3 is 0 Å². The first-order valence-electron chi connectivity index (χ1n) is 5.48. The SMILES string of the molecule is Cc1ccc(C2CCCC(=O)C2)c(O)c1. The summed E-state index contributed by atoms with van der Waals surface area (Å²) in [6.45, 7) is 1.95. The molecule has 1 atom stereocenters. The largest absolute Gasteiger partial charge is 0.508 e. The molecule has 0 amide bonds. The minimum Gasteiger partial charge on any atom is -0.508 e. The van der Waals surface area contributed by atoms with Crippen molar-refractivity contribution in [2.75, 3.05) is 0 Å². The zero-order valence-corrected chi connectivity index (χ0v) is 8.99. The van der Waals surface area contributed by atoms with E-state index < -0.39 is 0 Å². The molecule has 1 unspecified atom stereocenters. The molecule has 1 fully saturated rings. The van der Waals surface area contributed by atoms with Crippen LogP contribution in [0.2, 0.25) is 0 Å². The predicted molar refractivity (Wildman–Crippen MR) is 59.1 cm³/mol. The molecule has 0 radical (unpaired) electrons. The number of benzene rings is 1. The van der Waals surface area contributed by atoms with Crippen LogP contribution in [0.1, 0.15) is 42.7 Å². The Morgan fingerprint density at radius 3 is 2.87 bits per heavy atom. The van der Waals surface area contributed by atoms with Crippen molar-refractivity contribution in [3.8, 4) is 5.75 Å². The highest BCUT2D eigenvalue weighted by Crippen LogP contribution is 2.35. The zero-order valence-electron chi connectivity index (χ0n) is 8.99. The number of Topliss-reactive ketones (excluding diaryl/α,β-unsaturated/α-hetero) is 1. The van der Waals surface area contributed by atoms with E-state index in [1.54, 1.807) is 6.07 Å². The van der Waals surface area contributed by atoms with Crippen molar-refractivity contribution in [3.05, 3.63) is 29.3 Å². The van der Waals surface area contributed by atoms with Crippen LogP contribution in [-0.4, -0.2) is 10.9 Å². The quantitative estimate of drug-likeness (QED) is 0.763. The van der Waals surface area contributed by atoms with Gasteiger partial charge in [-0.05, 0) is 42.9 Å². The Morgan fingerprint density at radius 2 is 2.20 bits per heavy atom. The Kier molecular flexibility index (Phi) is 2.76. The van der Waals surface area contributed by atoms with Crippen LogP contribution < -0.4 is 0 Å². The van der Waals surface area contributed by atoms with E-state index in [1.807, 2.05) is 19.1 Å². The monoisotopic (exact) mass is 204 g/mol. The molecule has 1 N–H and O–H groups in total. The standard InChI is InChI=1S/C13H16O2/c1-9-5-6-12(13(15)7-9)10-3-2-4-11(14)8-10/h5-7,10,15H,2-4,8H2,1H3. The molecule has 0 aromatic heterocycles. The number of hydrogen-bond donors (Lipinski definition) is 1. The van der Waals surface area contributed by atoms with Crippen LogP contribution in [0.4, 0.5) is 0 Å². The molecule has 2 rings (SSSR count). The predicted octanol–water partition coefficient (Wildman–Crippen LogP) is 2.93. The summed E-state index contributed by atoms with van der Waals surface area (Å²) < 4.78 is 0. The molecular formula is C13H16O2. The highest BCUT2D eigenvalue weighted by Gasteiger charge is 2.22. The fourth-order valence-electron chi connectivity index (χ4n) is 2.29. The maximum atomic E-state index is 11.3. The topological polar surface area (TPSA) is 37.3 Å². The van der Waals surface area contributed by atoms with E-state index in [0.717, 1.165) is 24.0 Å². The van der Waals surface area contributed by atoms with Crippen LogP contribution in [0.25, 0.3) is 0 Å². The lowest BCUT2D eigenvalue weighted by atomic mass is 9.83. The van der Waals surface area contributed by atoms with E-state index in [-0.39, 0.29) is 5.92 Å². The highest BCUT2D eigenvalue weighted by atomic mass is 16.3. The molecule has 1 aliphatic rings.